The van der Waals surface area contributed by atoms with Crippen molar-refractivity contribution >= 4 is 53.6 Å². The van der Waals surface area contributed by atoms with Crippen molar-refractivity contribution in [3.05, 3.63) is 58.1 Å². The van der Waals surface area contributed by atoms with Crippen LogP contribution in [0.3, 0.4) is 0 Å². The first-order valence-electron chi connectivity index (χ1n) is 6.42. The molecule has 1 N–H and O–H groups in total. The summed E-state index contributed by atoms with van der Waals surface area (Å²) >= 11 is 0.722. The molecular weight excluding hydrogens is 523 g/mol. The van der Waals surface area contributed by atoms with Crippen LogP contribution >= 0.6 is 23.2 Å². The van der Waals surface area contributed by atoms with Crippen LogP contribution < -0.4 is 0 Å². The molecule has 25 heavy (non-hydrogen) atoms. The average molecular weight is 536 g/mol. The number of hydrogen-bond donors (Lipinski definition) is 1. The van der Waals surface area contributed by atoms with Gasteiger partial charge in [-0.05, 0) is 42.5 Å². The second-order valence-corrected chi connectivity index (χ2v) is 13.4. The molecule has 11 heteroatoms. The molecule has 0 amide bonds. The second kappa shape index (κ2) is 7.29. The van der Waals surface area contributed by atoms with Crippen LogP contribution in [-0.2, 0) is 16.6 Å². The van der Waals surface area contributed by atoms with Crippen molar-refractivity contribution in [3.8, 4) is 5.75 Å². The molecule has 142 valence electrons. The zero-order chi connectivity index (χ0) is 19.5. The van der Waals surface area contributed by atoms with Crippen LogP contribution in [0.5, 0.6) is 5.75 Å². The first-order valence-corrected chi connectivity index (χ1v) is 14.8. The molecular formula is C14H13Cl2F6OSSb. The Morgan fingerprint density at radius 3 is 1.68 bits per heavy atom. The summed E-state index contributed by atoms with van der Waals surface area (Å²) in [5.41, 5.74) is 1.13. The molecule has 0 fully saturated rings. The van der Waals surface area contributed by atoms with Gasteiger partial charge in [-0.25, -0.2) is 0 Å². The van der Waals surface area contributed by atoms with E-state index in [-0.39, 0.29) is 10.9 Å². The van der Waals surface area contributed by atoms with E-state index >= 15 is 0 Å². The molecule has 1 nitrogen and oxygen atoms in total. The van der Waals surface area contributed by atoms with Crippen LogP contribution in [0.15, 0.2) is 47.4 Å². The first-order chi connectivity index (χ1) is 11.0. The van der Waals surface area contributed by atoms with E-state index in [1.807, 2.05) is 24.3 Å². The molecule has 2 aromatic carbocycles. The molecule has 1 atom stereocenters. The van der Waals surface area contributed by atoms with Crippen molar-refractivity contribution in [3.63, 3.8) is 0 Å². The Hall–Kier alpha value is -0.432. The summed E-state index contributed by atoms with van der Waals surface area (Å²) in [5.74, 6) is 1.19. The van der Waals surface area contributed by atoms with Crippen molar-refractivity contribution in [1.29, 1.82) is 0 Å². The molecule has 0 bridgehead atoms. The molecule has 0 saturated heterocycles. The summed E-state index contributed by atoms with van der Waals surface area (Å²) < 4.78 is 59.6. The zero-order valence-corrected chi connectivity index (χ0v) is 17.5. The fraction of sp³-hybridized carbons (Fsp3) is 0.143. The molecule has 0 saturated carbocycles. The minimum atomic E-state index is -11.2. The van der Waals surface area contributed by atoms with E-state index in [4.69, 9.17) is 23.2 Å². The standard InChI is InChI=1S/C14H12Cl2OS.6FH.Sb/c1-18(14-4-2-13(17)3-5-14)9-10-6-11(15)8-12(16)7-10;;;;;;;/h2-8H,9H2,1H3;6*1H;/q;;;;;;;+5/p-5. The Balaban J connectivity index is 0.000000381. The Kier molecular flexibility index (Phi) is 6.60. The van der Waals surface area contributed by atoms with Crippen molar-refractivity contribution in [2.45, 2.75) is 10.6 Å². The third kappa shape index (κ3) is 12.5. The normalized spacial score (nSPS) is 15.4. The van der Waals surface area contributed by atoms with Gasteiger partial charge in [-0.2, -0.15) is 0 Å². The fourth-order valence-corrected chi connectivity index (χ4v) is 3.71. The maximum absolute atomic E-state index is 11.2. The first kappa shape index (κ1) is 22.6. The van der Waals surface area contributed by atoms with E-state index in [0.29, 0.717) is 15.8 Å². The van der Waals surface area contributed by atoms with E-state index in [9.17, 15) is 22.0 Å². The van der Waals surface area contributed by atoms with E-state index < -0.39 is 19.5 Å². The van der Waals surface area contributed by atoms with Crippen LogP contribution in [0.2, 0.25) is 10.0 Å². The summed E-state index contributed by atoms with van der Waals surface area (Å²) in [6, 6.07) is 12.9. The third-order valence-corrected chi connectivity index (χ3v) is 4.82. The summed E-state index contributed by atoms with van der Waals surface area (Å²) in [6.07, 6.45) is 2.17. The predicted octanol–water partition coefficient (Wildman–Crippen LogP) is 6.65. The number of phenolic OH excluding ortho intramolecular Hbond substituents is 1. The number of rotatable bonds is 3. The topological polar surface area (TPSA) is 20.2 Å². The number of phenols is 1. The quantitative estimate of drug-likeness (QED) is 0.265. The third-order valence-electron chi connectivity index (χ3n) is 2.54. The number of benzene rings is 2. The van der Waals surface area contributed by atoms with Gasteiger partial charge in [0.25, 0.3) is 0 Å². The van der Waals surface area contributed by atoms with Crippen molar-refractivity contribution in [1.82, 2.24) is 0 Å². The second-order valence-electron chi connectivity index (χ2n) is 5.01. The van der Waals surface area contributed by atoms with Gasteiger partial charge < -0.3 is 5.11 Å². The summed E-state index contributed by atoms with van der Waals surface area (Å²) in [6.45, 7) is 0. The zero-order valence-electron chi connectivity index (χ0n) is 12.6. The van der Waals surface area contributed by atoms with Gasteiger partial charge in [0.05, 0.1) is 0 Å². The molecule has 0 aliphatic heterocycles. The van der Waals surface area contributed by atoms with Crippen LogP contribution in [-0.4, -0.2) is 30.8 Å². The number of hydrogen-bond acceptors (Lipinski definition) is 1. The molecule has 2 aromatic rings. The van der Waals surface area contributed by atoms with Gasteiger partial charge in [0.2, 0.25) is 0 Å². The Morgan fingerprint density at radius 2 is 1.28 bits per heavy atom. The summed E-state index contributed by atoms with van der Waals surface area (Å²) in [4.78, 5) is 1.21. The van der Waals surface area contributed by atoms with Gasteiger partial charge in [-0.15, -0.1) is 0 Å². The van der Waals surface area contributed by atoms with Gasteiger partial charge in [-0.3, -0.25) is 0 Å². The van der Waals surface area contributed by atoms with Gasteiger partial charge in [0.15, 0.2) is 4.90 Å². The number of aromatic hydroxyl groups is 1. The van der Waals surface area contributed by atoms with E-state index in [2.05, 4.69) is 6.26 Å². The van der Waals surface area contributed by atoms with Gasteiger partial charge in [0.1, 0.15) is 17.8 Å². The Morgan fingerprint density at radius 1 is 0.880 bits per heavy atom. The van der Waals surface area contributed by atoms with Gasteiger partial charge in [0, 0.05) is 26.5 Å². The van der Waals surface area contributed by atoms with Crippen molar-refractivity contribution in [2.75, 3.05) is 6.26 Å². The molecule has 1 unspecified atom stereocenters. The van der Waals surface area contributed by atoms with E-state index in [1.54, 1.807) is 18.2 Å². The monoisotopic (exact) mass is 534 g/mol. The molecule has 0 aliphatic carbocycles. The Bertz CT molecular complexity index is 706. The van der Waals surface area contributed by atoms with Crippen LogP contribution in [0.25, 0.3) is 0 Å². The maximum atomic E-state index is 9.93. The van der Waals surface area contributed by atoms with E-state index in [0.717, 1.165) is 11.3 Å². The molecule has 2 rings (SSSR count). The molecule has 0 spiro atoms. The minimum absolute atomic E-state index is 0.0624. The fourth-order valence-electron chi connectivity index (χ4n) is 1.71. The van der Waals surface area contributed by atoms with Crippen molar-refractivity contribution < 1.29 is 22.0 Å². The van der Waals surface area contributed by atoms with Crippen molar-refractivity contribution in [2.24, 2.45) is 0 Å². The van der Waals surface area contributed by atoms with Crippen LogP contribution in [0.1, 0.15) is 5.56 Å². The molecule has 0 aromatic heterocycles. The van der Waals surface area contributed by atoms with E-state index in [1.165, 1.54) is 4.90 Å². The van der Waals surface area contributed by atoms with Crippen LogP contribution in [0, 0.1) is 0 Å². The average Bonchev–Trinajstić information content (AvgIpc) is 2.34. The van der Waals surface area contributed by atoms with Gasteiger partial charge >= 0.3 is 36.4 Å². The molecule has 0 heterocycles. The summed E-state index contributed by atoms with van der Waals surface area (Å²) in [5, 5.41) is 10.6. The SMILES string of the molecule is C[S+](Cc1cc(Cl)cc(Cl)c1)c1ccc(O)cc1.[F][Sb-]([F])([F])([F])([F])[F]. The van der Waals surface area contributed by atoms with Gasteiger partial charge in [-0.1, -0.05) is 23.2 Å². The Labute approximate surface area is 155 Å². The molecule has 0 aliphatic rings. The predicted molar refractivity (Wildman–Crippen MR) is 92.2 cm³/mol. The van der Waals surface area contributed by atoms with Crippen LogP contribution in [0.4, 0.5) is 16.9 Å². The number of halogens is 8. The molecule has 0 radical (unpaired) electrons. The summed E-state index contributed by atoms with van der Waals surface area (Å²) in [7, 11) is 0.0624.